The predicted molar refractivity (Wildman–Crippen MR) is 131 cm³/mol. The minimum atomic E-state index is -0.239. The van der Waals surface area contributed by atoms with Crippen molar-refractivity contribution < 1.29 is 4.79 Å². The maximum atomic E-state index is 13.0. The molecule has 0 unspecified atom stereocenters. The largest absolute Gasteiger partial charge is 0.352 e. The first-order valence-corrected chi connectivity index (χ1v) is 11.0. The van der Waals surface area contributed by atoms with Crippen molar-refractivity contribution in [2.75, 3.05) is 11.9 Å². The number of anilines is 1. The zero-order valence-corrected chi connectivity index (χ0v) is 18.5. The van der Waals surface area contributed by atoms with Gasteiger partial charge in [-0.25, -0.2) is 0 Å². The molecular weight excluding hydrogens is 432 g/mol. The van der Waals surface area contributed by atoms with Crippen molar-refractivity contribution in [3.05, 3.63) is 109 Å². The van der Waals surface area contributed by atoms with Crippen LogP contribution in [0.1, 0.15) is 23.5 Å². The van der Waals surface area contributed by atoms with Crippen LogP contribution < -0.4 is 10.6 Å². The lowest BCUT2D eigenvalue weighted by Crippen LogP contribution is -2.37. The van der Waals surface area contributed by atoms with Gasteiger partial charge in [0.15, 0.2) is 5.11 Å². The normalized spacial score (nSPS) is 17.6. The molecule has 8 heteroatoms. The van der Waals surface area contributed by atoms with E-state index in [2.05, 4.69) is 31.2 Å². The molecule has 5 rings (SSSR count). The molecule has 4 aromatic rings. The zero-order chi connectivity index (χ0) is 22.6. The van der Waals surface area contributed by atoms with Crippen LogP contribution in [0.25, 0.3) is 5.69 Å². The van der Waals surface area contributed by atoms with Gasteiger partial charge >= 0.3 is 0 Å². The molecule has 164 valence electrons. The summed E-state index contributed by atoms with van der Waals surface area (Å²) in [7, 11) is 0. The van der Waals surface area contributed by atoms with Crippen molar-refractivity contribution in [1.29, 1.82) is 0 Å². The van der Waals surface area contributed by atoms with E-state index in [1.807, 2.05) is 77.8 Å². The van der Waals surface area contributed by atoms with Crippen LogP contribution in [-0.4, -0.2) is 37.0 Å². The second-order valence-corrected chi connectivity index (χ2v) is 8.06. The molecule has 0 saturated carbocycles. The highest BCUT2D eigenvalue weighted by atomic mass is 32.1. The van der Waals surface area contributed by atoms with Crippen LogP contribution in [0.5, 0.6) is 0 Å². The van der Waals surface area contributed by atoms with Crippen LogP contribution in [-0.2, 0) is 4.79 Å². The van der Waals surface area contributed by atoms with Gasteiger partial charge in [-0.15, -0.1) is 0 Å². The van der Waals surface area contributed by atoms with Crippen LogP contribution in [0.2, 0.25) is 0 Å². The van der Waals surface area contributed by atoms with Gasteiger partial charge in [-0.2, -0.15) is 0 Å². The lowest BCUT2D eigenvalue weighted by atomic mass is 10.0. The summed E-state index contributed by atoms with van der Waals surface area (Å²) in [5.74, 6) is -0.140. The fourth-order valence-electron chi connectivity index (χ4n) is 4.15. The van der Waals surface area contributed by atoms with Crippen molar-refractivity contribution in [3.8, 4) is 5.69 Å². The van der Waals surface area contributed by atoms with E-state index in [4.69, 9.17) is 12.2 Å². The number of para-hydroxylation sites is 1. The summed E-state index contributed by atoms with van der Waals surface area (Å²) >= 11 is 5.70. The standard InChI is InChI=1S/C25H22N6OS/c32-22(28-18-7-2-1-3-8-18)17-31-24(23(29-25(31)33)20-9-4-5-13-27-20)21-10-6-16-30(21)19-11-14-26-15-12-19/h1-16,23-24H,17H2,(H,28,32)(H,29,33)/t23-,24+/m0/s1. The first kappa shape index (κ1) is 20.8. The summed E-state index contributed by atoms with van der Waals surface area (Å²) in [6.07, 6.45) is 7.30. The molecule has 2 atom stereocenters. The van der Waals surface area contributed by atoms with E-state index in [9.17, 15) is 4.79 Å². The smallest absolute Gasteiger partial charge is 0.244 e. The molecule has 1 aliphatic heterocycles. The van der Waals surface area contributed by atoms with Crippen molar-refractivity contribution in [1.82, 2.24) is 24.8 Å². The molecule has 4 heterocycles. The predicted octanol–water partition coefficient (Wildman–Crippen LogP) is 3.88. The quantitative estimate of drug-likeness (QED) is 0.431. The zero-order valence-electron chi connectivity index (χ0n) is 17.7. The molecule has 1 aromatic carbocycles. The van der Waals surface area contributed by atoms with E-state index < -0.39 is 0 Å². The molecule has 1 saturated heterocycles. The molecular formula is C25H22N6OS. The minimum Gasteiger partial charge on any atom is -0.352 e. The average molecular weight is 455 g/mol. The Morgan fingerprint density at radius 3 is 2.52 bits per heavy atom. The number of hydrogen-bond acceptors (Lipinski definition) is 4. The summed E-state index contributed by atoms with van der Waals surface area (Å²) in [6, 6.07) is 22.7. The van der Waals surface area contributed by atoms with E-state index >= 15 is 0 Å². The fraction of sp³-hybridized carbons (Fsp3) is 0.120. The van der Waals surface area contributed by atoms with Crippen LogP contribution in [0, 0.1) is 0 Å². The fourth-order valence-corrected chi connectivity index (χ4v) is 4.45. The Labute approximate surface area is 197 Å². The lowest BCUT2D eigenvalue weighted by Gasteiger charge is -2.28. The highest BCUT2D eigenvalue weighted by Gasteiger charge is 2.42. The van der Waals surface area contributed by atoms with E-state index in [1.54, 1.807) is 18.6 Å². The number of amides is 1. The van der Waals surface area contributed by atoms with Crippen LogP contribution in [0.4, 0.5) is 5.69 Å². The molecule has 33 heavy (non-hydrogen) atoms. The highest BCUT2D eigenvalue weighted by molar-refractivity contribution is 7.80. The van der Waals surface area contributed by atoms with Gasteiger partial charge in [0.05, 0.1) is 17.8 Å². The van der Waals surface area contributed by atoms with E-state index in [1.165, 1.54) is 0 Å². The Bertz CT molecular complexity index is 1250. The van der Waals surface area contributed by atoms with Crippen molar-refractivity contribution in [2.24, 2.45) is 0 Å². The van der Waals surface area contributed by atoms with Gasteiger partial charge < -0.3 is 20.1 Å². The van der Waals surface area contributed by atoms with E-state index in [-0.39, 0.29) is 24.5 Å². The number of carbonyl (C=O) groups excluding carboxylic acids is 1. The third-order valence-corrected chi connectivity index (χ3v) is 5.95. The summed E-state index contributed by atoms with van der Waals surface area (Å²) in [5.41, 5.74) is 3.59. The summed E-state index contributed by atoms with van der Waals surface area (Å²) in [4.78, 5) is 23.6. The highest BCUT2D eigenvalue weighted by Crippen LogP contribution is 2.39. The Hall–Kier alpha value is -4.04. The van der Waals surface area contributed by atoms with Crippen molar-refractivity contribution >= 4 is 28.9 Å². The molecule has 1 fully saturated rings. The van der Waals surface area contributed by atoms with Crippen molar-refractivity contribution in [2.45, 2.75) is 12.1 Å². The third kappa shape index (κ3) is 4.33. The van der Waals surface area contributed by atoms with Gasteiger partial charge in [-0.3, -0.25) is 14.8 Å². The summed E-state index contributed by atoms with van der Waals surface area (Å²) in [5, 5.41) is 6.87. The maximum absolute atomic E-state index is 13.0. The average Bonchev–Trinajstić information content (AvgIpc) is 3.45. The molecule has 1 aliphatic rings. The molecule has 0 radical (unpaired) electrons. The Morgan fingerprint density at radius 1 is 0.970 bits per heavy atom. The summed E-state index contributed by atoms with van der Waals surface area (Å²) < 4.78 is 2.10. The van der Waals surface area contributed by atoms with Gasteiger partial charge in [0, 0.05) is 41.9 Å². The molecule has 0 aliphatic carbocycles. The molecule has 3 aromatic heterocycles. The topological polar surface area (TPSA) is 75.1 Å². The van der Waals surface area contributed by atoms with Gasteiger partial charge in [0.1, 0.15) is 6.54 Å². The third-order valence-electron chi connectivity index (χ3n) is 5.59. The number of aromatic nitrogens is 3. The second-order valence-electron chi connectivity index (χ2n) is 7.68. The lowest BCUT2D eigenvalue weighted by molar-refractivity contribution is -0.116. The Kier molecular flexibility index (Phi) is 5.82. The number of carbonyl (C=O) groups is 1. The van der Waals surface area contributed by atoms with Crippen LogP contribution in [0.3, 0.4) is 0 Å². The van der Waals surface area contributed by atoms with Gasteiger partial charge in [0.25, 0.3) is 0 Å². The van der Waals surface area contributed by atoms with Crippen molar-refractivity contribution in [3.63, 3.8) is 0 Å². The van der Waals surface area contributed by atoms with Crippen LogP contribution >= 0.6 is 12.2 Å². The number of nitrogens with one attached hydrogen (secondary N) is 2. The monoisotopic (exact) mass is 454 g/mol. The second kappa shape index (κ2) is 9.22. The number of nitrogens with zero attached hydrogens (tertiary/aromatic N) is 4. The Balaban J connectivity index is 1.51. The number of benzene rings is 1. The van der Waals surface area contributed by atoms with Crippen LogP contribution in [0.15, 0.2) is 97.6 Å². The number of pyridine rings is 2. The van der Waals surface area contributed by atoms with Gasteiger partial charge in [0.2, 0.25) is 5.91 Å². The molecule has 2 N–H and O–H groups in total. The first-order valence-electron chi connectivity index (χ1n) is 10.6. The summed E-state index contributed by atoms with van der Waals surface area (Å²) in [6.45, 7) is 0.107. The number of rotatable bonds is 6. The van der Waals surface area contributed by atoms with Gasteiger partial charge in [-0.1, -0.05) is 24.3 Å². The van der Waals surface area contributed by atoms with E-state index in [0.29, 0.717) is 5.11 Å². The first-order chi connectivity index (χ1) is 16.2. The number of hydrogen-bond donors (Lipinski definition) is 2. The SMILES string of the molecule is O=C(CN1C(=S)N[C@@H](c2ccccn2)[C@H]1c1cccn1-c1ccncc1)Nc1ccccc1. The minimum absolute atomic E-state index is 0.107. The molecule has 0 bridgehead atoms. The van der Waals surface area contributed by atoms with E-state index in [0.717, 1.165) is 22.8 Å². The Morgan fingerprint density at radius 2 is 1.76 bits per heavy atom. The molecule has 7 nitrogen and oxygen atoms in total. The molecule has 1 amide bonds. The van der Waals surface area contributed by atoms with Gasteiger partial charge in [-0.05, 0) is 60.7 Å². The number of thiocarbonyl (C=S) groups is 1. The maximum Gasteiger partial charge on any atom is 0.244 e. The molecule has 0 spiro atoms.